The van der Waals surface area contributed by atoms with E-state index in [0.29, 0.717) is 4.90 Å². The highest BCUT2D eigenvalue weighted by Gasteiger charge is 2.30. The lowest BCUT2D eigenvalue weighted by Crippen LogP contribution is -2.04. The molecular weight excluding hydrogens is 213 g/mol. The van der Waals surface area contributed by atoms with Crippen molar-refractivity contribution in [2.45, 2.75) is 11.1 Å². The van der Waals surface area contributed by atoms with Gasteiger partial charge in [-0.3, -0.25) is 0 Å². The Labute approximate surface area is 83.0 Å². The predicted octanol–water partition coefficient (Wildman–Crippen LogP) is 2.70. The maximum Gasteiger partial charge on any atom is 0.416 e. The Morgan fingerprint density at radius 1 is 1.36 bits per heavy atom. The molecule has 0 spiro atoms. The Hall–Kier alpha value is -1.17. The van der Waals surface area contributed by atoms with E-state index in [4.69, 9.17) is 5.84 Å². The van der Waals surface area contributed by atoms with Gasteiger partial charge in [-0.1, -0.05) is 17.8 Å². The monoisotopic (exact) mass is 220 g/mol. The summed E-state index contributed by atoms with van der Waals surface area (Å²) in [6.45, 7) is 0. The van der Waals surface area contributed by atoms with Crippen molar-refractivity contribution in [2.75, 3.05) is 0 Å². The van der Waals surface area contributed by atoms with Crippen LogP contribution in [0.3, 0.4) is 0 Å². The van der Waals surface area contributed by atoms with Crippen molar-refractivity contribution in [3.8, 4) is 0 Å². The van der Waals surface area contributed by atoms with Crippen molar-refractivity contribution in [1.82, 2.24) is 0 Å². The van der Waals surface area contributed by atoms with Gasteiger partial charge in [0.15, 0.2) is 0 Å². The standard InChI is InChI=1S/C8H7F3N2S/c9-8(10,11)6-2-1-3-7(4-6)14-5-13-12/h1-5H,12H2/b13-5+. The van der Waals surface area contributed by atoms with Crippen LogP contribution in [-0.2, 0) is 6.18 Å². The number of rotatable bonds is 2. The number of alkyl halides is 3. The molecule has 0 saturated carbocycles. The molecule has 1 rings (SSSR count). The maximum atomic E-state index is 12.2. The third kappa shape index (κ3) is 2.95. The van der Waals surface area contributed by atoms with Gasteiger partial charge in [0.1, 0.15) is 0 Å². The second kappa shape index (κ2) is 4.36. The number of nitrogens with zero attached hydrogens (tertiary/aromatic N) is 1. The lowest BCUT2D eigenvalue weighted by molar-refractivity contribution is -0.137. The Morgan fingerprint density at radius 2 is 2.07 bits per heavy atom. The minimum atomic E-state index is -4.31. The van der Waals surface area contributed by atoms with Gasteiger partial charge < -0.3 is 5.84 Å². The number of halogens is 3. The van der Waals surface area contributed by atoms with Crippen LogP contribution in [0.2, 0.25) is 0 Å². The number of hydrazone groups is 1. The summed E-state index contributed by atoms with van der Waals surface area (Å²) in [4.78, 5) is 0.453. The molecule has 0 unspecified atom stereocenters. The largest absolute Gasteiger partial charge is 0.416 e. The lowest BCUT2D eigenvalue weighted by atomic mass is 10.2. The summed E-state index contributed by atoms with van der Waals surface area (Å²) in [6.07, 6.45) is -4.31. The second-order valence-electron chi connectivity index (χ2n) is 2.40. The first-order valence-electron chi connectivity index (χ1n) is 3.59. The van der Waals surface area contributed by atoms with E-state index < -0.39 is 11.7 Å². The van der Waals surface area contributed by atoms with E-state index >= 15 is 0 Å². The Balaban J connectivity index is 2.90. The molecule has 1 aromatic rings. The summed E-state index contributed by atoms with van der Waals surface area (Å²) in [7, 11) is 0. The minimum Gasteiger partial charge on any atom is -0.323 e. The molecule has 1 aromatic carbocycles. The SMILES string of the molecule is N/N=C/Sc1cccc(C(F)(F)F)c1. The van der Waals surface area contributed by atoms with Crippen LogP contribution in [0.25, 0.3) is 0 Å². The molecule has 0 heterocycles. The van der Waals surface area contributed by atoms with Crippen LogP contribution in [0.15, 0.2) is 34.3 Å². The fourth-order valence-electron chi connectivity index (χ4n) is 0.837. The van der Waals surface area contributed by atoms with Crippen molar-refractivity contribution < 1.29 is 13.2 Å². The summed E-state index contributed by atoms with van der Waals surface area (Å²) in [5, 5.41) is 3.18. The van der Waals surface area contributed by atoms with Gasteiger partial charge in [0.25, 0.3) is 0 Å². The summed E-state index contributed by atoms with van der Waals surface area (Å²) >= 11 is 1.03. The molecular formula is C8H7F3N2S. The number of nitrogens with two attached hydrogens (primary N) is 1. The molecule has 14 heavy (non-hydrogen) atoms. The van der Waals surface area contributed by atoms with Crippen molar-refractivity contribution in [2.24, 2.45) is 10.9 Å². The van der Waals surface area contributed by atoms with Crippen LogP contribution in [0, 0.1) is 0 Å². The zero-order chi connectivity index (χ0) is 10.6. The van der Waals surface area contributed by atoms with Gasteiger partial charge in [0.2, 0.25) is 0 Å². The topological polar surface area (TPSA) is 38.4 Å². The van der Waals surface area contributed by atoms with E-state index in [1.54, 1.807) is 6.07 Å². The fourth-order valence-corrected chi connectivity index (χ4v) is 1.37. The molecule has 0 bridgehead atoms. The van der Waals surface area contributed by atoms with E-state index in [1.165, 1.54) is 11.6 Å². The van der Waals surface area contributed by atoms with E-state index in [-0.39, 0.29) is 0 Å². The quantitative estimate of drug-likeness (QED) is 0.273. The van der Waals surface area contributed by atoms with Crippen LogP contribution >= 0.6 is 11.8 Å². The third-order valence-electron chi connectivity index (χ3n) is 1.41. The van der Waals surface area contributed by atoms with E-state index in [1.807, 2.05) is 0 Å². The number of benzene rings is 1. The Bertz CT molecular complexity index is 336. The lowest BCUT2D eigenvalue weighted by Gasteiger charge is -2.06. The Morgan fingerprint density at radius 3 is 2.64 bits per heavy atom. The number of hydrogen-bond donors (Lipinski definition) is 1. The highest BCUT2D eigenvalue weighted by Crippen LogP contribution is 2.31. The van der Waals surface area contributed by atoms with Gasteiger partial charge >= 0.3 is 6.18 Å². The Kier molecular flexibility index (Phi) is 3.40. The van der Waals surface area contributed by atoms with Crippen LogP contribution in [0.5, 0.6) is 0 Å². The molecule has 0 amide bonds. The molecule has 0 aliphatic rings. The van der Waals surface area contributed by atoms with E-state index in [9.17, 15) is 13.2 Å². The molecule has 0 fully saturated rings. The van der Waals surface area contributed by atoms with Crippen LogP contribution < -0.4 is 5.84 Å². The highest BCUT2D eigenvalue weighted by molar-refractivity contribution is 8.12. The van der Waals surface area contributed by atoms with Gasteiger partial charge in [-0.05, 0) is 18.2 Å². The third-order valence-corrected chi connectivity index (χ3v) is 2.16. The maximum absolute atomic E-state index is 12.2. The minimum absolute atomic E-state index is 0.453. The molecule has 6 heteroatoms. The second-order valence-corrected chi connectivity index (χ2v) is 3.32. The predicted molar refractivity (Wildman–Crippen MR) is 50.0 cm³/mol. The molecule has 2 N–H and O–H groups in total. The zero-order valence-corrected chi connectivity index (χ0v) is 7.77. The average Bonchev–Trinajstić information content (AvgIpc) is 2.14. The van der Waals surface area contributed by atoms with Crippen molar-refractivity contribution in [1.29, 1.82) is 0 Å². The molecule has 0 atom stereocenters. The molecule has 0 saturated heterocycles. The van der Waals surface area contributed by atoms with Crippen molar-refractivity contribution >= 4 is 17.3 Å². The summed E-state index contributed by atoms with van der Waals surface area (Å²) in [5.74, 6) is 4.83. The smallest absolute Gasteiger partial charge is 0.323 e. The molecule has 0 aromatic heterocycles. The molecule has 0 aliphatic carbocycles. The normalized spacial score (nSPS) is 12.2. The highest BCUT2D eigenvalue weighted by atomic mass is 32.2. The van der Waals surface area contributed by atoms with E-state index in [0.717, 1.165) is 23.9 Å². The van der Waals surface area contributed by atoms with Gasteiger partial charge in [0, 0.05) is 4.90 Å². The summed E-state index contributed by atoms with van der Waals surface area (Å²) in [5.41, 5.74) is 0.600. The van der Waals surface area contributed by atoms with Gasteiger partial charge in [-0.2, -0.15) is 18.3 Å². The van der Waals surface area contributed by atoms with Crippen molar-refractivity contribution in [3.05, 3.63) is 29.8 Å². The molecule has 0 radical (unpaired) electrons. The van der Waals surface area contributed by atoms with Gasteiger partial charge in [0.05, 0.1) is 11.1 Å². The number of hydrogen-bond acceptors (Lipinski definition) is 3. The van der Waals surface area contributed by atoms with Gasteiger partial charge in [-0.15, -0.1) is 0 Å². The first-order chi connectivity index (χ1) is 6.54. The molecule has 2 nitrogen and oxygen atoms in total. The van der Waals surface area contributed by atoms with Crippen LogP contribution in [-0.4, -0.2) is 5.55 Å². The summed E-state index contributed by atoms with van der Waals surface area (Å²) < 4.78 is 36.7. The molecule has 0 aliphatic heterocycles. The fraction of sp³-hybridized carbons (Fsp3) is 0.125. The zero-order valence-electron chi connectivity index (χ0n) is 6.95. The first kappa shape index (κ1) is 10.9. The van der Waals surface area contributed by atoms with E-state index in [2.05, 4.69) is 5.10 Å². The summed E-state index contributed by atoms with van der Waals surface area (Å²) in [6, 6.07) is 4.97. The first-order valence-corrected chi connectivity index (χ1v) is 4.47. The molecule has 76 valence electrons. The number of thioether (sulfide) groups is 1. The van der Waals surface area contributed by atoms with Crippen LogP contribution in [0.4, 0.5) is 13.2 Å². The average molecular weight is 220 g/mol. The van der Waals surface area contributed by atoms with Crippen LogP contribution in [0.1, 0.15) is 5.56 Å². The van der Waals surface area contributed by atoms with Crippen molar-refractivity contribution in [3.63, 3.8) is 0 Å². The van der Waals surface area contributed by atoms with Gasteiger partial charge in [-0.25, -0.2) is 0 Å².